The molecule has 1 aromatic heterocycles. The third-order valence-electron chi connectivity index (χ3n) is 4.45. The first kappa shape index (κ1) is 19.4. The highest BCUT2D eigenvalue weighted by molar-refractivity contribution is 5.92. The van der Waals surface area contributed by atoms with Gasteiger partial charge in [-0.1, -0.05) is 50.2 Å². The van der Waals surface area contributed by atoms with Crippen molar-refractivity contribution in [2.75, 3.05) is 11.9 Å². The van der Waals surface area contributed by atoms with Gasteiger partial charge in [-0.05, 0) is 36.2 Å². The second-order valence-corrected chi connectivity index (χ2v) is 6.88. The maximum atomic E-state index is 12.6. The fourth-order valence-corrected chi connectivity index (χ4v) is 2.78. The minimum Gasteiger partial charge on any atom is -0.380 e. The Labute approximate surface area is 164 Å². The molecule has 0 aliphatic rings. The minimum absolute atomic E-state index is 0.0615. The molecule has 6 heteroatoms. The molecule has 1 heterocycles. The SMILES string of the molecule is CC(C)C(CNC(=O)c1ccc(=O)n(-c2ccccc2)n1)Nc1ccccc1. The minimum atomic E-state index is -0.315. The van der Waals surface area contributed by atoms with Crippen LogP contribution in [0.1, 0.15) is 24.3 Å². The highest BCUT2D eigenvalue weighted by Crippen LogP contribution is 2.12. The van der Waals surface area contributed by atoms with Crippen LogP contribution in [-0.4, -0.2) is 28.3 Å². The zero-order chi connectivity index (χ0) is 19.9. The van der Waals surface area contributed by atoms with Crippen LogP contribution in [0.15, 0.2) is 77.6 Å². The molecule has 1 atom stereocenters. The molecule has 2 N–H and O–H groups in total. The van der Waals surface area contributed by atoms with Crippen LogP contribution in [0.25, 0.3) is 5.69 Å². The van der Waals surface area contributed by atoms with Gasteiger partial charge in [-0.15, -0.1) is 0 Å². The summed E-state index contributed by atoms with van der Waals surface area (Å²) in [6.45, 7) is 4.64. The number of carbonyl (C=O) groups is 1. The molecule has 2 aromatic carbocycles. The van der Waals surface area contributed by atoms with Gasteiger partial charge in [0.2, 0.25) is 0 Å². The lowest BCUT2D eigenvalue weighted by Gasteiger charge is -2.24. The van der Waals surface area contributed by atoms with E-state index >= 15 is 0 Å². The molecule has 144 valence electrons. The van der Waals surface area contributed by atoms with E-state index in [4.69, 9.17) is 0 Å². The molecular formula is C22H24N4O2. The number of carbonyl (C=O) groups excluding carboxylic acids is 1. The molecule has 0 fully saturated rings. The van der Waals surface area contributed by atoms with Crippen molar-refractivity contribution in [3.63, 3.8) is 0 Å². The van der Waals surface area contributed by atoms with E-state index in [2.05, 4.69) is 29.6 Å². The van der Waals surface area contributed by atoms with E-state index < -0.39 is 0 Å². The Morgan fingerprint density at radius 3 is 2.25 bits per heavy atom. The summed E-state index contributed by atoms with van der Waals surface area (Å²) >= 11 is 0. The fraction of sp³-hybridized carbons (Fsp3) is 0.227. The molecule has 0 bridgehead atoms. The third-order valence-corrected chi connectivity index (χ3v) is 4.45. The Morgan fingerprint density at radius 2 is 1.61 bits per heavy atom. The Hall–Kier alpha value is -3.41. The van der Waals surface area contributed by atoms with Crippen molar-refractivity contribution >= 4 is 11.6 Å². The van der Waals surface area contributed by atoms with Gasteiger partial charge in [0.1, 0.15) is 5.69 Å². The zero-order valence-electron chi connectivity index (χ0n) is 16.0. The van der Waals surface area contributed by atoms with E-state index in [9.17, 15) is 9.59 Å². The van der Waals surface area contributed by atoms with Gasteiger partial charge >= 0.3 is 0 Å². The van der Waals surface area contributed by atoms with Crippen LogP contribution >= 0.6 is 0 Å². The van der Waals surface area contributed by atoms with Crippen LogP contribution in [0.4, 0.5) is 5.69 Å². The average molecular weight is 376 g/mol. The molecule has 28 heavy (non-hydrogen) atoms. The van der Waals surface area contributed by atoms with Crippen molar-refractivity contribution in [1.29, 1.82) is 0 Å². The number of anilines is 1. The van der Waals surface area contributed by atoms with Gasteiger partial charge in [0.15, 0.2) is 0 Å². The lowest BCUT2D eigenvalue weighted by atomic mass is 10.0. The smallest absolute Gasteiger partial charge is 0.271 e. The van der Waals surface area contributed by atoms with Crippen LogP contribution in [0.5, 0.6) is 0 Å². The monoisotopic (exact) mass is 376 g/mol. The topological polar surface area (TPSA) is 76.0 Å². The highest BCUT2D eigenvalue weighted by atomic mass is 16.2. The molecule has 3 aromatic rings. The molecule has 0 saturated heterocycles. The van der Waals surface area contributed by atoms with Crippen LogP contribution in [0.3, 0.4) is 0 Å². The normalized spacial score (nSPS) is 11.8. The lowest BCUT2D eigenvalue weighted by Crippen LogP contribution is -2.40. The second kappa shape index (κ2) is 8.99. The Bertz CT molecular complexity index is 969. The first-order chi connectivity index (χ1) is 13.5. The van der Waals surface area contributed by atoms with E-state index in [1.54, 1.807) is 12.1 Å². The predicted molar refractivity (Wildman–Crippen MR) is 111 cm³/mol. The third kappa shape index (κ3) is 4.85. The molecule has 0 spiro atoms. The number of hydrogen-bond donors (Lipinski definition) is 2. The summed E-state index contributed by atoms with van der Waals surface area (Å²) in [5.41, 5.74) is 1.54. The standard InChI is InChI=1S/C22H24N4O2/c1-16(2)20(24-17-9-5-3-6-10-17)15-23-22(28)19-13-14-21(27)26(25-19)18-11-7-4-8-12-18/h3-14,16,20,24H,15H2,1-2H3,(H,23,28). The van der Waals surface area contributed by atoms with Gasteiger partial charge in [-0.25, -0.2) is 0 Å². The molecule has 1 unspecified atom stereocenters. The van der Waals surface area contributed by atoms with E-state index in [0.29, 0.717) is 18.2 Å². The van der Waals surface area contributed by atoms with Crippen molar-refractivity contribution < 1.29 is 4.79 Å². The Kier molecular flexibility index (Phi) is 6.22. The molecule has 3 rings (SSSR count). The van der Waals surface area contributed by atoms with Gasteiger partial charge in [-0.3, -0.25) is 9.59 Å². The first-order valence-corrected chi connectivity index (χ1v) is 9.30. The number of nitrogens with zero attached hydrogens (tertiary/aromatic N) is 2. The van der Waals surface area contributed by atoms with E-state index in [1.165, 1.54) is 16.8 Å². The molecule has 0 aliphatic heterocycles. The summed E-state index contributed by atoms with van der Waals surface area (Å²) in [6.07, 6.45) is 0. The van der Waals surface area contributed by atoms with Gasteiger partial charge < -0.3 is 10.6 Å². The number of hydrogen-bond acceptors (Lipinski definition) is 4. The summed E-state index contributed by atoms with van der Waals surface area (Å²) in [4.78, 5) is 24.7. The summed E-state index contributed by atoms with van der Waals surface area (Å²) in [6, 6.07) is 21.8. The van der Waals surface area contributed by atoms with Crippen molar-refractivity contribution in [2.45, 2.75) is 19.9 Å². The number of nitrogens with one attached hydrogen (secondary N) is 2. The number of aromatic nitrogens is 2. The molecule has 6 nitrogen and oxygen atoms in total. The quantitative estimate of drug-likeness (QED) is 0.664. The molecule has 0 radical (unpaired) electrons. The van der Waals surface area contributed by atoms with Crippen molar-refractivity contribution in [1.82, 2.24) is 15.1 Å². The Balaban J connectivity index is 1.71. The molecule has 1 amide bonds. The maximum Gasteiger partial charge on any atom is 0.271 e. The zero-order valence-corrected chi connectivity index (χ0v) is 16.0. The fourth-order valence-electron chi connectivity index (χ4n) is 2.78. The van der Waals surface area contributed by atoms with Gasteiger partial charge in [-0.2, -0.15) is 9.78 Å². The lowest BCUT2D eigenvalue weighted by molar-refractivity contribution is 0.0943. The maximum absolute atomic E-state index is 12.6. The predicted octanol–water partition coefficient (Wildman–Crippen LogP) is 3.10. The second-order valence-electron chi connectivity index (χ2n) is 6.88. The van der Waals surface area contributed by atoms with Crippen LogP contribution < -0.4 is 16.2 Å². The summed E-state index contributed by atoms with van der Waals surface area (Å²) in [7, 11) is 0. The average Bonchev–Trinajstić information content (AvgIpc) is 2.72. The van der Waals surface area contributed by atoms with E-state index in [1.807, 2.05) is 48.5 Å². The van der Waals surface area contributed by atoms with Crippen LogP contribution in [0.2, 0.25) is 0 Å². The van der Waals surface area contributed by atoms with E-state index in [-0.39, 0.29) is 23.2 Å². The summed E-state index contributed by atoms with van der Waals surface area (Å²) < 4.78 is 1.23. The molecular weight excluding hydrogens is 352 g/mol. The van der Waals surface area contributed by atoms with Gasteiger partial charge in [0.25, 0.3) is 11.5 Å². The van der Waals surface area contributed by atoms with Crippen molar-refractivity contribution in [2.24, 2.45) is 5.92 Å². The largest absolute Gasteiger partial charge is 0.380 e. The molecule has 0 aliphatic carbocycles. The van der Waals surface area contributed by atoms with Crippen LogP contribution in [0, 0.1) is 5.92 Å². The van der Waals surface area contributed by atoms with Crippen molar-refractivity contribution in [3.8, 4) is 5.69 Å². The number of benzene rings is 2. The highest BCUT2D eigenvalue weighted by Gasteiger charge is 2.16. The van der Waals surface area contributed by atoms with Gasteiger partial charge in [0.05, 0.1) is 5.69 Å². The Morgan fingerprint density at radius 1 is 0.964 bits per heavy atom. The summed E-state index contributed by atoms with van der Waals surface area (Å²) in [5, 5.41) is 10.6. The van der Waals surface area contributed by atoms with E-state index in [0.717, 1.165) is 5.69 Å². The number of para-hydroxylation sites is 2. The molecule has 0 saturated carbocycles. The number of amides is 1. The van der Waals surface area contributed by atoms with Crippen molar-refractivity contribution in [3.05, 3.63) is 88.8 Å². The van der Waals surface area contributed by atoms with Crippen LogP contribution in [-0.2, 0) is 0 Å². The number of rotatable bonds is 7. The summed E-state index contributed by atoms with van der Waals surface area (Å²) in [5.74, 6) is -0.00284. The first-order valence-electron chi connectivity index (χ1n) is 9.30. The van der Waals surface area contributed by atoms with Gasteiger partial charge in [0, 0.05) is 24.3 Å².